The summed E-state index contributed by atoms with van der Waals surface area (Å²) in [4.78, 5) is 0. The highest BCUT2D eigenvalue weighted by atomic mass is 16.5. The number of hydrogen-bond acceptors (Lipinski definition) is 3. The van der Waals surface area contributed by atoms with Crippen molar-refractivity contribution in [2.45, 2.75) is 77.2 Å². The van der Waals surface area contributed by atoms with Crippen molar-refractivity contribution >= 4 is 0 Å². The van der Waals surface area contributed by atoms with Gasteiger partial charge in [0.2, 0.25) is 0 Å². The van der Waals surface area contributed by atoms with Gasteiger partial charge in [-0.3, -0.25) is 0 Å². The van der Waals surface area contributed by atoms with E-state index in [-0.39, 0.29) is 0 Å². The molecule has 0 heterocycles. The van der Waals surface area contributed by atoms with E-state index in [1.54, 1.807) is 6.92 Å². The van der Waals surface area contributed by atoms with E-state index in [0.29, 0.717) is 6.54 Å². The number of nitrogens with two attached hydrogens (primary N) is 1. The van der Waals surface area contributed by atoms with Crippen molar-refractivity contribution < 1.29 is 9.84 Å². The van der Waals surface area contributed by atoms with Crippen LogP contribution in [-0.2, 0) is 4.74 Å². The lowest BCUT2D eigenvalue weighted by Crippen LogP contribution is -2.33. The van der Waals surface area contributed by atoms with E-state index in [4.69, 9.17) is 10.5 Å². The van der Waals surface area contributed by atoms with Crippen LogP contribution in [0.3, 0.4) is 0 Å². The zero-order valence-electron chi connectivity index (χ0n) is 12.4. The summed E-state index contributed by atoms with van der Waals surface area (Å²) < 4.78 is 5.58. The van der Waals surface area contributed by atoms with Gasteiger partial charge in [0.25, 0.3) is 0 Å². The normalized spacial score (nSPS) is 14.7. The first-order valence-corrected chi connectivity index (χ1v) is 7.62. The Balaban J connectivity index is 3.08. The lowest BCUT2D eigenvalue weighted by atomic mass is 10.00. The van der Waals surface area contributed by atoms with E-state index in [1.165, 1.54) is 38.5 Å². The van der Waals surface area contributed by atoms with Gasteiger partial charge in [0.1, 0.15) is 0 Å². The van der Waals surface area contributed by atoms with E-state index in [0.717, 1.165) is 32.5 Å². The Kier molecular flexibility index (Phi) is 11.9. The molecule has 0 aliphatic carbocycles. The molecule has 0 saturated heterocycles. The van der Waals surface area contributed by atoms with Crippen LogP contribution in [0.1, 0.15) is 71.6 Å². The minimum absolute atomic E-state index is 0.339. The minimum atomic E-state index is -0.695. The standard InChI is InChI=1S/C15H33NO2/c1-3-4-5-6-7-9-12-18-13-10-8-11-15(2,17)14-16/h17H,3-14,16H2,1-2H3. The highest BCUT2D eigenvalue weighted by Crippen LogP contribution is 2.11. The molecule has 0 amide bonds. The summed E-state index contributed by atoms with van der Waals surface area (Å²) in [6.07, 6.45) is 10.6. The smallest absolute Gasteiger partial charge is 0.0741 e. The fourth-order valence-electron chi connectivity index (χ4n) is 1.90. The summed E-state index contributed by atoms with van der Waals surface area (Å²) in [7, 11) is 0. The van der Waals surface area contributed by atoms with Crippen molar-refractivity contribution in [1.29, 1.82) is 0 Å². The fraction of sp³-hybridized carbons (Fsp3) is 1.00. The van der Waals surface area contributed by atoms with E-state index in [2.05, 4.69) is 6.92 Å². The summed E-state index contributed by atoms with van der Waals surface area (Å²) in [5, 5.41) is 9.70. The maximum atomic E-state index is 9.70. The molecule has 0 aromatic heterocycles. The molecular formula is C15H33NO2. The van der Waals surface area contributed by atoms with Gasteiger partial charge in [-0.15, -0.1) is 0 Å². The number of unbranched alkanes of at least 4 members (excludes halogenated alkanes) is 6. The summed E-state index contributed by atoms with van der Waals surface area (Å²) in [6.45, 7) is 6.08. The van der Waals surface area contributed by atoms with Gasteiger partial charge in [-0.1, -0.05) is 39.0 Å². The molecule has 3 heteroatoms. The average Bonchev–Trinajstić information content (AvgIpc) is 2.36. The Bertz CT molecular complexity index is 172. The van der Waals surface area contributed by atoms with E-state index in [1.807, 2.05) is 0 Å². The first kappa shape index (κ1) is 17.9. The molecule has 0 saturated carbocycles. The molecule has 0 aromatic rings. The molecule has 1 unspecified atom stereocenters. The molecule has 3 N–H and O–H groups in total. The Labute approximate surface area is 113 Å². The Morgan fingerprint density at radius 3 is 2.11 bits per heavy atom. The third-order valence-electron chi connectivity index (χ3n) is 3.34. The van der Waals surface area contributed by atoms with Gasteiger partial charge in [-0.2, -0.15) is 0 Å². The van der Waals surface area contributed by atoms with Gasteiger partial charge >= 0.3 is 0 Å². The van der Waals surface area contributed by atoms with Gasteiger partial charge in [0.05, 0.1) is 5.60 Å². The predicted molar refractivity (Wildman–Crippen MR) is 77.7 cm³/mol. The van der Waals surface area contributed by atoms with Crippen LogP contribution in [0, 0.1) is 0 Å². The lowest BCUT2D eigenvalue weighted by Gasteiger charge is -2.20. The molecule has 3 nitrogen and oxygen atoms in total. The van der Waals surface area contributed by atoms with Crippen LogP contribution in [0.25, 0.3) is 0 Å². The van der Waals surface area contributed by atoms with E-state index >= 15 is 0 Å². The van der Waals surface area contributed by atoms with Crippen LogP contribution in [-0.4, -0.2) is 30.5 Å². The molecule has 0 aromatic carbocycles. The SMILES string of the molecule is CCCCCCCCOCCCCC(C)(O)CN. The second kappa shape index (κ2) is 11.9. The zero-order chi connectivity index (χ0) is 13.7. The van der Waals surface area contributed by atoms with Crippen molar-refractivity contribution in [3.8, 4) is 0 Å². The molecule has 0 spiro atoms. The Morgan fingerprint density at radius 2 is 1.50 bits per heavy atom. The first-order valence-electron chi connectivity index (χ1n) is 7.62. The molecule has 0 radical (unpaired) electrons. The molecule has 0 bridgehead atoms. The first-order chi connectivity index (χ1) is 8.62. The topological polar surface area (TPSA) is 55.5 Å². The van der Waals surface area contributed by atoms with Gasteiger partial charge in [0, 0.05) is 19.8 Å². The van der Waals surface area contributed by atoms with Crippen LogP contribution >= 0.6 is 0 Å². The van der Waals surface area contributed by atoms with Crippen LogP contribution in [0.4, 0.5) is 0 Å². The molecule has 0 rings (SSSR count). The van der Waals surface area contributed by atoms with Crippen molar-refractivity contribution in [3.05, 3.63) is 0 Å². The largest absolute Gasteiger partial charge is 0.389 e. The molecule has 1 atom stereocenters. The van der Waals surface area contributed by atoms with Gasteiger partial charge < -0.3 is 15.6 Å². The third-order valence-corrected chi connectivity index (χ3v) is 3.34. The summed E-state index contributed by atoms with van der Waals surface area (Å²) >= 11 is 0. The number of hydrogen-bond donors (Lipinski definition) is 2. The van der Waals surface area contributed by atoms with E-state index < -0.39 is 5.60 Å². The number of ether oxygens (including phenoxy) is 1. The van der Waals surface area contributed by atoms with Crippen molar-refractivity contribution in [1.82, 2.24) is 0 Å². The molecular weight excluding hydrogens is 226 g/mol. The van der Waals surface area contributed by atoms with Crippen LogP contribution in [0.2, 0.25) is 0 Å². The summed E-state index contributed by atoms with van der Waals surface area (Å²) in [5.41, 5.74) is 4.76. The van der Waals surface area contributed by atoms with Crippen LogP contribution in [0.15, 0.2) is 0 Å². The van der Waals surface area contributed by atoms with Crippen LogP contribution < -0.4 is 5.73 Å². The van der Waals surface area contributed by atoms with Crippen molar-refractivity contribution in [3.63, 3.8) is 0 Å². The van der Waals surface area contributed by atoms with Crippen LogP contribution in [0.5, 0.6) is 0 Å². The molecule has 0 aliphatic rings. The van der Waals surface area contributed by atoms with Gasteiger partial charge in [-0.05, 0) is 32.6 Å². The summed E-state index contributed by atoms with van der Waals surface area (Å²) in [6, 6.07) is 0. The van der Waals surface area contributed by atoms with Gasteiger partial charge in [-0.25, -0.2) is 0 Å². The maximum absolute atomic E-state index is 9.70. The number of rotatable bonds is 13. The third kappa shape index (κ3) is 12.3. The average molecular weight is 259 g/mol. The molecule has 0 aliphatic heterocycles. The maximum Gasteiger partial charge on any atom is 0.0741 e. The Hall–Kier alpha value is -0.120. The highest BCUT2D eigenvalue weighted by molar-refractivity contribution is 4.72. The fourth-order valence-corrected chi connectivity index (χ4v) is 1.90. The Morgan fingerprint density at radius 1 is 0.944 bits per heavy atom. The molecule has 110 valence electrons. The lowest BCUT2D eigenvalue weighted by molar-refractivity contribution is 0.0527. The quantitative estimate of drug-likeness (QED) is 0.499. The van der Waals surface area contributed by atoms with Crippen molar-refractivity contribution in [2.75, 3.05) is 19.8 Å². The summed E-state index contributed by atoms with van der Waals surface area (Å²) in [5.74, 6) is 0. The predicted octanol–water partition coefficient (Wildman–Crippen LogP) is 3.24. The van der Waals surface area contributed by atoms with E-state index in [9.17, 15) is 5.11 Å². The number of aliphatic hydroxyl groups is 1. The minimum Gasteiger partial charge on any atom is -0.389 e. The zero-order valence-corrected chi connectivity index (χ0v) is 12.4. The monoisotopic (exact) mass is 259 g/mol. The molecule has 0 fully saturated rings. The van der Waals surface area contributed by atoms with Gasteiger partial charge in [0.15, 0.2) is 0 Å². The molecule has 18 heavy (non-hydrogen) atoms. The second-order valence-electron chi connectivity index (χ2n) is 5.54. The van der Waals surface area contributed by atoms with Crippen molar-refractivity contribution in [2.24, 2.45) is 5.73 Å². The second-order valence-corrected chi connectivity index (χ2v) is 5.54. The highest BCUT2D eigenvalue weighted by Gasteiger charge is 2.16.